The van der Waals surface area contributed by atoms with Gasteiger partial charge in [0.15, 0.2) is 0 Å². The van der Waals surface area contributed by atoms with Crippen molar-refractivity contribution in [3.8, 4) is 0 Å². The molecule has 0 aromatic carbocycles. The summed E-state index contributed by atoms with van der Waals surface area (Å²) in [7, 11) is 0. The second-order valence-corrected chi connectivity index (χ2v) is 10.3. The topological polar surface area (TPSA) is 75.7 Å². The van der Waals surface area contributed by atoms with Crippen molar-refractivity contribution in [3.63, 3.8) is 0 Å². The van der Waals surface area contributed by atoms with Gasteiger partial charge in [-0.1, -0.05) is 19.8 Å². The highest BCUT2D eigenvalue weighted by atomic mass is 32.1. The molecule has 0 unspecified atom stereocenters. The van der Waals surface area contributed by atoms with Gasteiger partial charge >= 0.3 is 0 Å². The summed E-state index contributed by atoms with van der Waals surface area (Å²) in [6, 6.07) is 2.60. The highest BCUT2D eigenvalue weighted by Gasteiger charge is 2.28. The Labute approximate surface area is 198 Å². The summed E-state index contributed by atoms with van der Waals surface area (Å²) >= 11 is 1.46. The van der Waals surface area contributed by atoms with Crippen LogP contribution in [0.5, 0.6) is 0 Å². The molecule has 178 valence electrons. The highest BCUT2D eigenvalue weighted by molar-refractivity contribution is 7.17. The van der Waals surface area contributed by atoms with Gasteiger partial charge in [0.05, 0.1) is 5.52 Å². The van der Waals surface area contributed by atoms with Crippen LogP contribution in [0.15, 0.2) is 16.2 Å². The van der Waals surface area contributed by atoms with E-state index in [1.54, 1.807) is 4.57 Å². The van der Waals surface area contributed by atoms with Crippen molar-refractivity contribution in [2.75, 3.05) is 26.2 Å². The minimum atomic E-state index is 0.00699. The molecule has 5 rings (SSSR count). The SMILES string of the molecule is CCCCn1c(=O)c2sccc2n2c(CCC(=O)N3CCC(N4CCCCC4)CC3)nnc12. The molecule has 5 heterocycles. The molecule has 1 amide bonds. The molecule has 0 aliphatic carbocycles. The van der Waals surface area contributed by atoms with E-state index in [4.69, 9.17) is 0 Å². The van der Waals surface area contributed by atoms with Crippen molar-refractivity contribution in [3.05, 3.63) is 27.6 Å². The second-order valence-electron chi connectivity index (χ2n) is 9.41. The maximum Gasteiger partial charge on any atom is 0.272 e. The maximum atomic E-state index is 13.0. The minimum absolute atomic E-state index is 0.00699. The lowest BCUT2D eigenvalue weighted by Crippen LogP contribution is -2.48. The van der Waals surface area contributed by atoms with Crippen LogP contribution in [0, 0.1) is 0 Å². The van der Waals surface area contributed by atoms with E-state index in [9.17, 15) is 9.59 Å². The number of fused-ring (bicyclic) bond motifs is 3. The maximum absolute atomic E-state index is 13.0. The monoisotopic (exact) mass is 470 g/mol. The van der Waals surface area contributed by atoms with Gasteiger partial charge in [-0.3, -0.25) is 18.6 Å². The van der Waals surface area contributed by atoms with Crippen LogP contribution in [0.3, 0.4) is 0 Å². The van der Waals surface area contributed by atoms with Crippen LogP contribution in [0.4, 0.5) is 0 Å². The molecule has 0 atom stereocenters. The highest BCUT2D eigenvalue weighted by Crippen LogP contribution is 2.23. The predicted octanol–water partition coefficient (Wildman–Crippen LogP) is 3.32. The normalized spacial score (nSPS) is 18.5. The van der Waals surface area contributed by atoms with E-state index in [1.165, 1.54) is 43.7 Å². The van der Waals surface area contributed by atoms with Gasteiger partial charge in [-0.2, -0.15) is 0 Å². The Kier molecular flexibility index (Phi) is 6.78. The third-order valence-corrected chi connectivity index (χ3v) is 8.19. The molecule has 0 radical (unpaired) electrons. The zero-order chi connectivity index (χ0) is 22.8. The molecule has 0 spiro atoms. The van der Waals surface area contributed by atoms with Gasteiger partial charge in [0, 0.05) is 38.5 Å². The molecule has 0 saturated carbocycles. The van der Waals surface area contributed by atoms with E-state index in [0.717, 1.165) is 54.8 Å². The molecule has 3 aromatic rings. The molecule has 9 heteroatoms. The summed E-state index contributed by atoms with van der Waals surface area (Å²) in [5, 5.41) is 10.7. The lowest BCUT2D eigenvalue weighted by Gasteiger charge is -2.40. The number of carbonyl (C=O) groups excluding carboxylic acids is 1. The number of amides is 1. The number of unbranched alkanes of at least 4 members (excludes halogenated alkanes) is 1. The van der Waals surface area contributed by atoms with Crippen LogP contribution >= 0.6 is 11.3 Å². The van der Waals surface area contributed by atoms with Crippen molar-refractivity contribution in [1.82, 2.24) is 29.0 Å². The van der Waals surface area contributed by atoms with E-state index >= 15 is 0 Å². The molecule has 33 heavy (non-hydrogen) atoms. The molecule has 2 fully saturated rings. The quantitative estimate of drug-likeness (QED) is 0.530. The molecule has 3 aromatic heterocycles. The van der Waals surface area contributed by atoms with Gasteiger partial charge in [0.1, 0.15) is 10.5 Å². The fourth-order valence-electron chi connectivity index (χ4n) is 5.40. The zero-order valence-electron chi connectivity index (χ0n) is 19.5. The van der Waals surface area contributed by atoms with E-state index in [-0.39, 0.29) is 11.5 Å². The van der Waals surface area contributed by atoms with Crippen LogP contribution < -0.4 is 5.56 Å². The van der Waals surface area contributed by atoms with E-state index < -0.39 is 0 Å². The first-order valence-electron chi connectivity index (χ1n) is 12.5. The summed E-state index contributed by atoms with van der Waals surface area (Å²) in [5.41, 5.74) is 0.857. The van der Waals surface area contributed by atoms with Crippen LogP contribution in [0.25, 0.3) is 16.0 Å². The standard InChI is InChI=1S/C24H34N6O2S/c1-2-3-14-29-23(32)22-19(11-17-33-22)30-20(25-26-24(29)30)7-8-21(31)28-15-9-18(10-16-28)27-12-5-4-6-13-27/h11,17-18H,2-10,12-16H2,1H3. The molecule has 8 nitrogen and oxygen atoms in total. The molecular formula is C24H34N6O2S. The number of nitrogens with zero attached hydrogens (tertiary/aromatic N) is 6. The van der Waals surface area contributed by atoms with Crippen molar-refractivity contribution in [2.45, 2.75) is 77.3 Å². The zero-order valence-corrected chi connectivity index (χ0v) is 20.4. The average Bonchev–Trinajstić information content (AvgIpc) is 3.50. The number of thiophene rings is 1. The molecule has 2 aliphatic heterocycles. The Balaban J connectivity index is 1.28. The Hall–Kier alpha value is -2.26. The van der Waals surface area contributed by atoms with Crippen LogP contribution in [-0.2, 0) is 17.8 Å². The predicted molar refractivity (Wildman–Crippen MR) is 131 cm³/mol. The number of aryl methyl sites for hydroxylation is 2. The second kappa shape index (κ2) is 9.93. The number of carbonyl (C=O) groups is 1. The van der Waals surface area contributed by atoms with Gasteiger partial charge in [-0.15, -0.1) is 21.5 Å². The summed E-state index contributed by atoms with van der Waals surface area (Å²) in [4.78, 5) is 30.6. The largest absolute Gasteiger partial charge is 0.343 e. The number of likely N-dealkylation sites (tertiary alicyclic amines) is 2. The molecular weight excluding hydrogens is 436 g/mol. The number of rotatable bonds is 7. The van der Waals surface area contributed by atoms with E-state index in [2.05, 4.69) is 22.0 Å². The van der Waals surface area contributed by atoms with Gasteiger partial charge in [-0.25, -0.2) is 0 Å². The first kappa shape index (κ1) is 22.5. The van der Waals surface area contributed by atoms with E-state index in [1.807, 2.05) is 20.7 Å². The number of hydrogen-bond donors (Lipinski definition) is 0. The van der Waals surface area contributed by atoms with Crippen molar-refractivity contribution >= 4 is 33.2 Å². The summed E-state index contributed by atoms with van der Waals surface area (Å²) in [6.07, 6.45) is 9.03. The third-order valence-electron chi connectivity index (χ3n) is 7.30. The fourth-order valence-corrected chi connectivity index (χ4v) is 6.23. The van der Waals surface area contributed by atoms with Crippen LogP contribution in [-0.4, -0.2) is 67.1 Å². The third kappa shape index (κ3) is 4.45. The number of hydrogen-bond acceptors (Lipinski definition) is 6. The molecule has 0 N–H and O–H groups in total. The summed E-state index contributed by atoms with van der Waals surface area (Å²) < 4.78 is 4.45. The molecule has 0 bridgehead atoms. The van der Waals surface area contributed by atoms with Gasteiger partial charge in [-0.05, 0) is 56.6 Å². The van der Waals surface area contributed by atoms with Crippen LogP contribution in [0.2, 0.25) is 0 Å². The number of aromatic nitrogens is 4. The fraction of sp³-hybridized carbons (Fsp3) is 0.667. The van der Waals surface area contributed by atoms with E-state index in [0.29, 0.717) is 31.2 Å². The van der Waals surface area contributed by atoms with Crippen molar-refractivity contribution in [1.29, 1.82) is 0 Å². The van der Waals surface area contributed by atoms with Crippen molar-refractivity contribution in [2.24, 2.45) is 0 Å². The average molecular weight is 471 g/mol. The lowest BCUT2D eigenvalue weighted by molar-refractivity contribution is -0.132. The smallest absolute Gasteiger partial charge is 0.272 e. The summed E-state index contributed by atoms with van der Waals surface area (Å²) in [6.45, 7) is 6.90. The Morgan fingerprint density at radius 3 is 2.67 bits per heavy atom. The first-order valence-corrected chi connectivity index (χ1v) is 13.4. The Morgan fingerprint density at radius 2 is 1.91 bits per heavy atom. The van der Waals surface area contributed by atoms with Gasteiger partial charge < -0.3 is 9.80 Å². The lowest BCUT2D eigenvalue weighted by atomic mass is 9.99. The first-order chi connectivity index (χ1) is 16.2. The van der Waals surface area contributed by atoms with Crippen LogP contribution in [0.1, 0.15) is 64.1 Å². The molecule has 2 aliphatic rings. The van der Waals surface area contributed by atoms with Crippen molar-refractivity contribution < 1.29 is 4.79 Å². The Bertz CT molecular complexity index is 1170. The Morgan fingerprint density at radius 1 is 1.12 bits per heavy atom. The summed E-state index contributed by atoms with van der Waals surface area (Å²) in [5.74, 6) is 1.55. The van der Waals surface area contributed by atoms with Gasteiger partial charge in [0.25, 0.3) is 5.56 Å². The number of piperidine rings is 2. The molecule has 2 saturated heterocycles. The minimum Gasteiger partial charge on any atom is -0.343 e. The van der Waals surface area contributed by atoms with Gasteiger partial charge in [0.2, 0.25) is 11.7 Å².